The molecule has 0 aliphatic carbocycles. The Bertz CT molecular complexity index is 1740. The zero-order valence-corrected chi connectivity index (χ0v) is 45.0. The van der Waals surface area contributed by atoms with Gasteiger partial charge in [-0.15, -0.1) is 0 Å². The lowest BCUT2D eigenvalue weighted by molar-refractivity contribution is -0.145. The number of aliphatic carboxylic acids is 4. The summed E-state index contributed by atoms with van der Waals surface area (Å²) in [5.41, 5.74) is 0. The molecule has 24 heteroatoms. The molecule has 0 unspecified atom stereocenters. The van der Waals surface area contributed by atoms with Gasteiger partial charge in [-0.1, -0.05) is 77.6 Å². The van der Waals surface area contributed by atoms with Crippen LogP contribution < -0.4 is 26.6 Å². The molecule has 0 saturated carbocycles. The first-order valence-corrected chi connectivity index (χ1v) is 26.9. The predicted octanol–water partition coefficient (Wildman–Crippen LogP) is 3.73. The summed E-state index contributed by atoms with van der Waals surface area (Å²) in [6.07, 6.45) is 13.1. The monoisotopic (exact) mass is 1090 g/mol. The summed E-state index contributed by atoms with van der Waals surface area (Å²) in [6, 6.07) is -2.56. The van der Waals surface area contributed by atoms with Crippen LogP contribution in [0.25, 0.3) is 0 Å². The lowest BCUT2D eigenvalue weighted by Crippen LogP contribution is -2.42. The van der Waals surface area contributed by atoms with Crippen LogP contribution in [0, 0.1) is 11.8 Å². The number of Topliss-reactive ketones (excluding diaryl/α,β-unsaturated/α-hetero) is 2. The molecule has 0 aromatic rings. The number of amides is 5. The minimum Gasteiger partial charge on any atom is -0.481 e. The molecule has 0 rings (SSSR count). The number of rotatable bonds is 53. The van der Waals surface area contributed by atoms with E-state index < -0.39 is 84.3 Å². The summed E-state index contributed by atoms with van der Waals surface area (Å²) in [6.45, 7) is 3.96. The molecule has 0 spiro atoms. The maximum absolute atomic E-state index is 12.5. The highest BCUT2D eigenvalue weighted by atomic mass is 16.5. The number of ketones is 2. The van der Waals surface area contributed by atoms with E-state index in [-0.39, 0.29) is 130 Å². The minimum atomic E-state index is -1.38. The number of ether oxygens (including phenoxy) is 4. The van der Waals surface area contributed by atoms with E-state index in [0.29, 0.717) is 25.8 Å². The van der Waals surface area contributed by atoms with Crippen LogP contribution in [0.2, 0.25) is 0 Å². The molecule has 0 aliphatic heterocycles. The van der Waals surface area contributed by atoms with Gasteiger partial charge in [0.2, 0.25) is 29.5 Å². The van der Waals surface area contributed by atoms with Gasteiger partial charge in [0.05, 0.1) is 45.6 Å². The Morgan fingerprint density at radius 1 is 0.408 bits per heavy atom. The molecule has 0 saturated heterocycles. The van der Waals surface area contributed by atoms with E-state index in [4.69, 9.17) is 24.1 Å². The fourth-order valence-corrected chi connectivity index (χ4v) is 7.43. The Balaban J connectivity index is 0. The van der Waals surface area contributed by atoms with Gasteiger partial charge in [-0.3, -0.25) is 43.2 Å². The Hall–Kier alpha value is -5.59. The van der Waals surface area contributed by atoms with E-state index in [9.17, 15) is 68.1 Å². The van der Waals surface area contributed by atoms with Gasteiger partial charge in [0.15, 0.2) is 5.78 Å². The summed E-state index contributed by atoms with van der Waals surface area (Å²) < 4.78 is 21.3. The molecule has 0 bridgehead atoms. The maximum atomic E-state index is 12.5. The molecule has 0 aliphatic rings. The van der Waals surface area contributed by atoms with Crippen molar-refractivity contribution in [1.29, 1.82) is 0 Å². The van der Waals surface area contributed by atoms with Crippen molar-refractivity contribution in [3.05, 3.63) is 0 Å². The molecule has 0 heterocycles. The molecule has 76 heavy (non-hydrogen) atoms. The highest BCUT2D eigenvalue weighted by Crippen LogP contribution is 2.15. The molecule has 24 nitrogen and oxygen atoms in total. The van der Waals surface area contributed by atoms with Crippen LogP contribution in [-0.4, -0.2) is 170 Å². The second-order valence-electron chi connectivity index (χ2n) is 18.8. The van der Waals surface area contributed by atoms with Crippen LogP contribution >= 0.6 is 0 Å². The second kappa shape index (κ2) is 46.7. The number of hydrogen-bond acceptors (Lipinski definition) is 15. The third-order valence-corrected chi connectivity index (χ3v) is 12.1. The highest BCUT2D eigenvalue weighted by molar-refractivity contribution is 5.87. The summed E-state index contributed by atoms with van der Waals surface area (Å²) in [5, 5.41) is 50.0. The van der Waals surface area contributed by atoms with Crippen molar-refractivity contribution >= 4 is 65.0 Å². The third kappa shape index (κ3) is 43.6. The minimum absolute atomic E-state index is 0. The number of carboxylic acid groups (broad SMARTS) is 4. The molecule has 4 atom stereocenters. The lowest BCUT2D eigenvalue weighted by Gasteiger charge is -2.16. The fraction of sp³-hybridized carbons (Fsp3) is 0.788. The van der Waals surface area contributed by atoms with Gasteiger partial charge in [-0.25, -0.2) is 9.59 Å². The number of unbranched alkanes of at least 4 members (excludes halogenated alkanes) is 12. The standard InChI is InChI=1S/C52H89N5O19.H2/c1-38(39(2)58)17-15-16-26-53-44(60)24-21-43(52(71)72)57-47(63)23-20-40(50(67)68)35-41(59)36-75-33-31-74-30-28-55-48(64)37-76-34-32-73-29-27-54-45(61)25-22-42(51(69)70)56-46(62)18-13-11-9-7-5-3-4-6-8-10-12-14-19-49(65)66;/h38,40,42-43H,3-37H2,1-2H3,(H,53,60)(H,54,61)(H,55,64)(H,56,62)(H,57,63)(H,65,66)(H,67,68)(H,69,70)(H,71,72);1H/t38-,40+,42-,43-;/m0./s1. The second-order valence-corrected chi connectivity index (χ2v) is 18.8. The van der Waals surface area contributed by atoms with E-state index >= 15 is 0 Å². The summed E-state index contributed by atoms with van der Waals surface area (Å²) in [5.74, 6) is -8.65. The number of hydrogen-bond donors (Lipinski definition) is 9. The fourth-order valence-electron chi connectivity index (χ4n) is 7.43. The van der Waals surface area contributed by atoms with Gasteiger partial charge in [-0.05, 0) is 51.9 Å². The van der Waals surface area contributed by atoms with E-state index in [1.807, 2.05) is 6.92 Å². The summed E-state index contributed by atoms with van der Waals surface area (Å²) >= 11 is 0. The molecule has 438 valence electrons. The normalized spacial score (nSPS) is 12.6. The van der Waals surface area contributed by atoms with Crippen LogP contribution in [0.1, 0.15) is 169 Å². The van der Waals surface area contributed by atoms with Crippen LogP contribution in [0.4, 0.5) is 0 Å². The number of nitrogens with one attached hydrogen (secondary N) is 5. The predicted molar refractivity (Wildman–Crippen MR) is 278 cm³/mol. The zero-order chi connectivity index (χ0) is 56.8. The van der Waals surface area contributed by atoms with Crippen LogP contribution in [-0.2, 0) is 71.7 Å². The first-order chi connectivity index (χ1) is 36.3. The maximum Gasteiger partial charge on any atom is 0.326 e. The Morgan fingerprint density at radius 3 is 1.30 bits per heavy atom. The van der Waals surface area contributed by atoms with Gasteiger partial charge in [-0.2, -0.15) is 0 Å². The molecule has 0 aromatic heterocycles. The topological polar surface area (TPSA) is 366 Å². The van der Waals surface area contributed by atoms with Crippen molar-refractivity contribution in [1.82, 2.24) is 26.6 Å². The molecule has 9 N–H and O–H groups in total. The van der Waals surface area contributed by atoms with E-state index in [2.05, 4.69) is 26.6 Å². The van der Waals surface area contributed by atoms with Gasteiger partial charge >= 0.3 is 23.9 Å². The molecular formula is C52H91N5O19. The van der Waals surface area contributed by atoms with Crippen molar-refractivity contribution in [2.24, 2.45) is 11.8 Å². The van der Waals surface area contributed by atoms with Crippen LogP contribution in [0.3, 0.4) is 0 Å². The third-order valence-electron chi connectivity index (χ3n) is 12.1. The number of carbonyl (C=O) groups is 11. The Labute approximate surface area is 448 Å². The zero-order valence-electron chi connectivity index (χ0n) is 45.0. The van der Waals surface area contributed by atoms with Gasteiger partial charge < -0.3 is 66.0 Å². The molecular weight excluding hydrogens is 999 g/mol. The van der Waals surface area contributed by atoms with Crippen molar-refractivity contribution in [2.45, 2.75) is 180 Å². The van der Waals surface area contributed by atoms with E-state index in [1.165, 1.54) is 6.92 Å². The van der Waals surface area contributed by atoms with Crippen LogP contribution in [0.15, 0.2) is 0 Å². The average molecular weight is 1090 g/mol. The molecule has 0 aromatic carbocycles. The Morgan fingerprint density at radius 2 is 0.829 bits per heavy atom. The van der Waals surface area contributed by atoms with Gasteiger partial charge in [0, 0.05) is 65.5 Å². The van der Waals surface area contributed by atoms with E-state index in [0.717, 1.165) is 77.0 Å². The van der Waals surface area contributed by atoms with Gasteiger partial charge in [0.25, 0.3) is 0 Å². The van der Waals surface area contributed by atoms with Crippen molar-refractivity contribution in [3.63, 3.8) is 0 Å². The number of carbonyl (C=O) groups excluding carboxylic acids is 7. The SMILES string of the molecule is CC(=O)[C@@H](C)CCCCNC(=O)CC[C@H](NC(=O)CC[C@H](CC(=O)COCCOCCNC(=O)COCCOCCNC(=O)CC[C@H](NC(=O)CCCCCCCCCCCCCCC(=O)O)C(=O)O)C(=O)O)C(=O)O.[HH]. The smallest absolute Gasteiger partial charge is 0.326 e. The average Bonchev–Trinajstić information content (AvgIpc) is 3.36. The molecule has 0 radical (unpaired) electrons. The van der Waals surface area contributed by atoms with Gasteiger partial charge in [0.1, 0.15) is 31.1 Å². The van der Waals surface area contributed by atoms with Crippen molar-refractivity contribution in [3.8, 4) is 0 Å². The van der Waals surface area contributed by atoms with Crippen molar-refractivity contribution < 1.29 is 93.5 Å². The van der Waals surface area contributed by atoms with Crippen molar-refractivity contribution in [2.75, 3.05) is 72.5 Å². The highest BCUT2D eigenvalue weighted by Gasteiger charge is 2.26. The molecule has 5 amide bonds. The molecule has 0 fully saturated rings. The number of carboxylic acids is 4. The summed E-state index contributed by atoms with van der Waals surface area (Å²) in [4.78, 5) is 131. The quantitative estimate of drug-likeness (QED) is 0.0392. The Kier molecular flexibility index (Phi) is 43.3. The first-order valence-electron chi connectivity index (χ1n) is 26.9. The lowest BCUT2D eigenvalue weighted by atomic mass is 9.97. The first kappa shape index (κ1) is 70.4. The van der Waals surface area contributed by atoms with E-state index in [1.54, 1.807) is 0 Å². The largest absolute Gasteiger partial charge is 0.481 e. The van der Waals surface area contributed by atoms with Crippen LogP contribution in [0.5, 0.6) is 0 Å². The summed E-state index contributed by atoms with van der Waals surface area (Å²) in [7, 11) is 0.